The van der Waals surface area contributed by atoms with E-state index in [1.54, 1.807) is 0 Å². The summed E-state index contributed by atoms with van der Waals surface area (Å²) in [5.74, 6) is 3.37. The SMILES string of the molecule is CCc1nc(CCn2ccnc2-c2ccc3c(c2)C[C@H](C)O3)no1. The van der Waals surface area contributed by atoms with E-state index in [9.17, 15) is 0 Å². The number of hydrogen-bond donors (Lipinski definition) is 0. The standard InChI is InChI=1S/C18H20N4O2/c1-3-17-20-16(21-24-17)6-8-22-9-7-19-18(22)13-4-5-15-14(11-13)10-12(2)23-15/h4-5,7,9,11-12H,3,6,8,10H2,1-2H3/t12-/m0/s1. The van der Waals surface area contributed by atoms with Crippen molar-refractivity contribution in [1.82, 2.24) is 19.7 Å². The molecule has 0 aliphatic carbocycles. The maximum atomic E-state index is 5.77. The fourth-order valence-electron chi connectivity index (χ4n) is 3.07. The molecule has 0 radical (unpaired) electrons. The Bertz CT molecular complexity index is 852. The van der Waals surface area contributed by atoms with Crippen molar-refractivity contribution in [3.05, 3.63) is 47.9 Å². The Morgan fingerprint density at radius 3 is 3.08 bits per heavy atom. The van der Waals surface area contributed by atoms with Crippen molar-refractivity contribution in [1.29, 1.82) is 0 Å². The summed E-state index contributed by atoms with van der Waals surface area (Å²) in [6, 6.07) is 6.29. The van der Waals surface area contributed by atoms with Crippen LogP contribution in [-0.2, 0) is 25.8 Å². The Kier molecular flexibility index (Phi) is 3.80. The van der Waals surface area contributed by atoms with Crippen LogP contribution in [0, 0.1) is 0 Å². The van der Waals surface area contributed by atoms with Crippen molar-refractivity contribution in [3.8, 4) is 17.1 Å². The fourth-order valence-corrected chi connectivity index (χ4v) is 3.07. The number of aromatic nitrogens is 4. The van der Waals surface area contributed by atoms with E-state index in [1.807, 2.05) is 25.4 Å². The van der Waals surface area contributed by atoms with Crippen molar-refractivity contribution < 1.29 is 9.26 Å². The highest BCUT2D eigenvalue weighted by molar-refractivity contribution is 5.60. The van der Waals surface area contributed by atoms with Crippen LogP contribution in [0.3, 0.4) is 0 Å². The highest BCUT2D eigenvalue weighted by atomic mass is 16.5. The summed E-state index contributed by atoms with van der Waals surface area (Å²) in [5, 5.41) is 4.01. The molecule has 6 heteroatoms. The van der Waals surface area contributed by atoms with Gasteiger partial charge in [0.1, 0.15) is 17.7 Å². The Hall–Kier alpha value is -2.63. The van der Waals surface area contributed by atoms with Gasteiger partial charge in [-0.2, -0.15) is 4.98 Å². The third-order valence-corrected chi connectivity index (χ3v) is 4.26. The molecule has 0 amide bonds. The van der Waals surface area contributed by atoms with E-state index < -0.39 is 0 Å². The van der Waals surface area contributed by atoms with Crippen molar-refractivity contribution in [2.75, 3.05) is 0 Å². The smallest absolute Gasteiger partial charge is 0.226 e. The van der Waals surface area contributed by atoms with E-state index in [1.165, 1.54) is 5.56 Å². The molecule has 124 valence electrons. The average molecular weight is 324 g/mol. The summed E-state index contributed by atoms with van der Waals surface area (Å²) in [6.45, 7) is 4.86. The average Bonchev–Trinajstić information content (AvgIpc) is 3.30. The Labute approximate surface area is 140 Å². The molecule has 0 fully saturated rings. The van der Waals surface area contributed by atoms with Gasteiger partial charge >= 0.3 is 0 Å². The van der Waals surface area contributed by atoms with Gasteiger partial charge in [-0.1, -0.05) is 12.1 Å². The van der Waals surface area contributed by atoms with Crippen LogP contribution in [0.1, 0.15) is 31.1 Å². The largest absolute Gasteiger partial charge is 0.490 e. The topological polar surface area (TPSA) is 66.0 Å². The van der Waals surface area contributed by atoms with Crippen LogP contribution in [0.15, 0.2) is 35.1 Å². The minimum absolute atomic E-state index is 0.251. The first kappa shape index (κ1) is 14.9. The minimum atomic E-state index is 0.251. The molecule has 0 saturated carbocycles. The van der Waals surface area contributed by atoms with Gasteiger partial charge in [-0.3, -0.25) is 0 Å². The molecule has 0 spiro atoms. The first-order chi connectivity index (χ1) is 11.7. The molecule has 1 aromatic carbocycles. The Morgan fingerprint density at radius 2 is 2.25 bits per heavy atom. The molecular formula is C18H20N4O2. The summed E-state index contributed by atoms with van der Waals surface area (Å²) in [4.78, 5) is 8.88. The molecule has 0 N–H and O–H groups in total. The van der Waals surface area contributed by atoms with Gasteiger partial charge < -0.3 is 13.8 Å². The van der Waals surface area contributed by atoms with Crippen molar-refractivity contribution in [2.24, 2.45) is 0 Å². The van der Waals surface area contributed by atoms with Crippen LogP contribution >= 0.6 is 0 Å². The molecule has 2 aromatic heterocycles. The monoisotopic (exact) mass is 324 g/mol. The number of ether oxygens (including phenoxy) is 1. The maximum Gasteiger partial charge on any atom is 0.226 e. The molecule has 1 aliphatic rings. The summed E-state index contributed by atoms with van der Waals surface area (Å²) in [6.07, 6.45) is 6.50. The van der Waals surface area contributed by atoms with Crippen LogP contribution in [-0.4, -0.2) is 25.8 Å². The minimum Gasteiger partial charge on any atom is -0.490 e. The fraction of sp³-hybridized carbons (Fsp3) is 0.389. The lowest BCUT2D eigenvalue weighted by atomic mass is 10.1. The quantitative estimate of drug-likeness (QED) is 0.721. The zero-order chi connectivity index (χ0) is 16.5. The van der Waals surface area contributed by atoms with E-state index in [0.29, 0.717) is 5.89 Å². The van der Waals surface area contributed by atoms with Crippen LogP contribution < -0.4 is 4.74 Å². The molecule has 6 nitrogen and oxygen atoms in total. The first-order valence-corrected chi connectivity index (χ1v) is 8.35. The van der Waals surface area contributed by atoms with E-state index in [4.69, 9.17) is 9.26 Å². The highest BCUT2D eigenvalue weighted by Crippen LogP contribution is 2.32. The molecule has 3 aromatic rings. The van der Waals surface area contributed by atoms with E-state index in [2.05, 4.69) is 38.7 Å². The molecule has 24 heavy (non-hydrogen) atoms. The van der Waals surface area contributed by atoms with Crippen LogP contribution in [0.2, 0.25) is 0 Å². The Morgan fingerprint density at radius 1 is 1.33 bits per heavy atom. The van der Waals surface area contributed by atoms with Gasteiger partial charge in [-0.25, -0.2) is 4.98 Å². The second-order valence-electron chi connectivity index (χ2n) is 6.11. The van der Waals surface area contributed by atoms with E-state index in [0.717, 1.165) is 48.8 Å². The normalized spacial score (nSPS) is 16.2. The predicted octanol–water partition coefficient (Wildman–Crippen LogP) is 3.06. The lowest BCUT2D eigenvalue weighted by molar-refractivity contribution is 0.254. The zero-order valence-electron chi connectivity index (χ0n) is 13.9. The second kappa shape index (κ2) is 6.11. The van der Waals surface area contributed by atoms with Crippen LogP contribution in [0.4, 0.5) is 0 Å². The first-order valence-electron chi connectivity index (χ1n) is 8.35. The predicted molar refractivity (Wildman–Crippen MR) is 88.8 cm³/mol. The number of fused-ring (bicyclic) bond motifs is 1. The molecule has 1 atom stereocenters. The number of benzene rings is 1. The summed E-state index contributed by atoms with van der Waals surface area (Å²) in [5.41, 5.74) is 2.36. The number of aryl methyl sites for hydroxylation is 3. The molecular weight excluding hydrogens is 304 g/mol. The zero-order valence-corrected chi connectivity index (χ0v) is 13.9. The molecule has 4 rings (SSSR count). The number of hydrogen-bond acceptors (Lipinski definition) is 5. The van der Waals surface area contributed by atoms with Crippen molar-refractivity contribution in [3.63, 3.8) is 0 Å². The molecule has 1 aliphatic heterocycles. The van der Waals surface area contributed by atoms with Gasteiger partial charge in [-0.05, 0) is 30.7 Å². The third-order valence-electron chi connectivity index (χ3n) is 4.26. The molecule has 3 heterocycles. The number of imidazole rings is 1. The maximum absolute atomic E-state index is 5.77. The molecule has 0 bridgehead atoms. The Balaban J connectivity index is 1.53. The van der Waals surface area contributed by atoms with E-state index in [-0.39, 0.29) is 6.10 Å². The second-order valence-corrected chi connectivity index (χ2v) is 6.11. The van der Waals surface area contributed by atoms with Gasteiger partial charge in [0.25, 0.3) is 0 Å². The van der Waals surface area contributed by atoms with E-state index >= 15 is 0 Å². The number of nitrogens with zero attached hydrogens (tertiary/aromatic N) is 4. The lowest BCUT2D eigenvalue weighted by Gasteiger charge is -2.08. The summed E-state index contributed by atoms with van der Waals surface area (Å²) < 4.78 is 13.1. The van der Waals surface area contributed by atoms with Gasteiger partial charge in [0.05, 0.1) is 0 Å². The molecule has 0 unspecified atom stereocenters. The summed E-state index contributed by atoms with van der Waals surface area (Å²) in [7, 11) is 0. The number of rotatable bonds is 5. The van der Waals surface area contributed by atoms with Gasteiger partial charge in [-0.15, -0.1) is 0 Å². The third kappa shape index (κ3) is 2.79. The van der Waals surface area contributed by atoms with Crippen molar-refractivity contribution in [2.45, 2.75) is 45.8 Å². The lowest BCUT2D eigenvalue weighted by Crippen LogP contribution is -2.05. The highest BCUT2D eigenvalue weighted by Gasteiger charge is 2.20. The van der Waals surface area contributed by atoms with Gasteiger partial charge in [0, 0.05) is 43.8 Å². The van der Waals surface area contributed by atoms with Crippen LogP contribution in [0.5, 0.6) is 5.75 Å². The van der Waals surface area contributed by atoms with Crippen LogP contribution in [0.25, 0.3) is 11.4 Å². The summed E-state index contributed by atoms with van der Waals surface area (Å²) >= 11 is 0. The van der Waals surface area contributed by atoms with Crippen molar-refractivity contribution >= 4 is 0 Å². The molecule has 0 saturated heterocycles. The van der Waals surface area contributed by atoms with Gasteiger partial charge in [0.2, 0.25) is 5.89 Å². The van der Waals surface area contributed by atoms with Gasteiger partial charge in [0.15, 0.2) is 5.82 Å².